The summed E-state index contributed by atoms with van der Waals surface area (Å²) in [5.41, 5.74) is 3.73. The van der Waals surface area contributed by atoms with Crippen molar-refractivity contribution < 1.29 is 14.4 Å². The number of carbonyl (C=O) groups excluding carboxylic acids is 1. The molecule has 0 spiro atoms. The van der Waals surface area contributed by atoms with Crippen molar-refractivity contribution >= 4 is 35.3 Å². The Balaban J connectivity index is 1.75. The van der Waals surface area contributed by atoms with Gasteiger partial charge in [0.2, 0.25) is 0 Å². The van der Waals surface area contributed by atoms with E-state index in [1.165, 1.54) is 5.06 Å². The van der Waals surface area contributed by atoms with Gasteiger partial charge in [-0.3, -0.25) is 10.2 Å². The van der Waals surface area contributed by atoms with E-state index in [9.17, 15) is 4.79 Å². The van der Waals surface area contributed by atoms with Crippen molar-refractivity contribution in [2.24, 2.45) is 4.99 Å². The third-order valence-electron chi connectivity index (χ3n) is 4.84. The van der Waals surface area contributed by atoms with Gasteiger partial charge in [0.25, 0.3) is 5.91 Å². The third kappa shape index (κ3) is 3.13. The van der Waals surface area contributed by atoms with E-state index in [1.54, 1.807) is 26.2 Å². The molecule has 3 heterocycles. The van der Waals surface area contributed by atoms with Gasteiger partial charge in [0.15, 0.2) is 11.7 Å². The summed E-state index contributed by atoms with van der Waals surface area (Å²) < 4.78 is 7.25. The molecule has 0 unspecified atom stereocenters. The molecule has 1 N–H and O–H groups in total. The van der Waals surface area contributed by atoms with Crippen LogP contribution in [-0.4, -0.2) is 34.3 Å². The number of amidine groups is 2. The van der Waals surface area contributed by atoms with Gasteiger partial charge in [0.05, 0.1) is 17.7 Å². The SMILES string of the molecule is COc1ccc(-n2c(C)cc(/C=C3/C(=N)N4OC(C)=CC4=NC3=O)c2C)cc1Cl. The van der Waals surface area contributed by atoms with Gasteiger partial charge in [-0.25, -0.2) is 0 Å². The number of hydrogen-bond donors (Lipinski definition) is 1. The van der Waals surface area contributed by atoms with E-state index >= 15 is 0 Å². The topological polar surface area (TPSA) is 79.9 Å². The lowest BCUT2D eigenvalue weighted by atomic mass is 10.1. The van der Waals surface area contributed by atoms with Crippen LogP contribution in [0.3, 0.4) is 0 Å². The fourth-order valence-corrected chi connectivity index (χ4v) is 3.73. The normalized spacial score (nSPS) is 17.3. The van der Waals surface area contributed by atoms with E-state index < -0.39 is 5.91 Å². The summed E-state index contributed by atoms with van der Waals surface area (Å²) in [7, 11) is 1.57. The maximum absolute atomic E-state index is 12.5. The minimum atomic E-state index is -0.465. The number of hydroxylamine groups is 2. The number of benzene rings is 1. The Morgan fingerprint density at radius 1 is 1.24 bits per heavy atom. The van der Waals surface area contributed by atoms with Gasteiger partial charge < -0.3 is 14.1 Å². The Hall–Kier alpha value is -3.32. The number of aliphatic imine (C=N–C) groups is 1. The van der Waals surface area contributed by atoms with Crippen LogP contribution in [0.4, 0.5) is 0 Å². The summed E-state index contributed by atoms with van der Waals surface area (Å²) in [6.45, 7) is 5.66. The smallest absolute Gasteiger partial charge is 0.282 e. The van der Waals surface area contributed by atoms with E-state index in [0.29, 0.717) is 22.4 Å². The Bertz CT molecular complexity index is 1160. The highest BCUT2D eigenvalue weighted by atomic mass is 35.5. The van der Waals surface area contributed by atoms with Gasteiger partial charge in [0.1, 0.15) is 11.5 Å². The molecular weight excluding hydrogens is 392 g/mol. The fourth-order valence-electron chi connectivity index (χ4n) is 3.48. The number of ether oxygens (including phenoxy) is 1. The number of rotatable bonds is 3. The molecule has 0 saturated carbocycles. The standard InChI is InChI=1S/C21H19ClN4O3/c1-11-7-14(13(3)25(11)15-5-6-18(28-4)17(22)10-15)9-16-20(23)26-19(24-21(16)27)8-12(2)29-26/h5-10,23H,1-4H3/b16-9-,23-20?. The highest BCUT2D eigenvalue weighted by molar-refractivity contribution is 6.33. The molecular formula is C21H19ClN4O3. The first kappa shape index (κ1) is 19.0. The Morgan fingerprint density at radius 3 is 2.69 bits per heavy atom. The molecule has 29 heavy (non-hydrogen) atoms. The number of aryl methyl sites for hydroxylation is 1. The zero-order valence-corrected chi connectivity index (χ0v) is 17.2. The minimum Gasteiger partial charge on any atom is -0.495 e. The molecule has 2 aliphatic heterocycles. The molecule has 1 aromatic heterocycles. The predicted octanol–water partition coefficient (Wildman–Crippen LogP) is 4.21. The highest BCUT2D eigenvalue weighted by Gasteiger charge is 2.34. The molecule has 0 bridgehead atoms. The zero-order chi connectivity index (χ0) is 20.9. The number of allylic oxidation sites excluding steroid dienone is 1. The lowest BCUT2D eigenvalue weighted by Gasteiger charge is -2.22. The first-order chi connectivity index (χ1) is 13.8. The first-order valence-electron chi connectivity index (χ1n) is 8.93. The average molecular weight is 411 g/mol. The van der Waals surface area contributed by atoms with Crippen molar-refractivity contribution in [1.29, 1.82) is 5.41 Å². The van der Waals surface area contributed by atoms with Crippen LogP contribution in [0, 0.1) is 19.3 Å². The summed E-state index contributed by atoms with van der Waals surface area (Å²) in [4.78, 5) is 22.0. The van der Waals surface area contributed by atoms with Crippen LogP contribution >= 0.6 is 11.6 Å². The highest BCUT2D eigenvalue weighted by Crippen LogP contribution is 2.30. The average Bonchev–Trinajstić information content (AvgIpc) is 3.17. The van der Waals surface area contributed by atoms with Gasteiger partial charge in [0, 0.05) is 23.2 Å². The third-order valence-corrected chi connectivity index (χ3v) is 5.14. The van der Waals surface area contributed by atoms with E-state index in [4.69, 9.17) is 26.6 Å². The molecule has 1 aromatic carbocycles. The zero-order valence-electron chi connectivity index (χ0n) is 16.4. The summed E-state index contributed by atoms with van der Waals surface area (Å²) >= 11 is 6.29. The maximum Gasteiger partial charge on any atom is 0.282 e. The van der Waals surface area contributed by atoms with Crippen LogP contribution in [0.25, 0.3) is 11.8 Å². The fraction of sp³-hybridized carbons (Fsp3) is 0.190. The van der Waals surface area contributed by atoms with Gasteiger partial charge in [-0.15, -0.1) is 5.06 Å². The van der Waals surface area contributed by atoms with Gasteiger partial charge in [-0.1, -0.05) is 11.6 Å². The summed E-state index contributed by atoms with van der Waals surface area (Å²) in [5.74, 6) is 1.01. The number of carbonyl (C=O) groups is 1. The molecule has 8 heteroatoms. The van der Waals surface area contributed by atoms with E-state index in [-0.39, 0.29) is 11.4 Å². The Morgan fingerprint density at radius 2 is 2.00 bits per heavy atom. The van der Waals surface area contributed by atoms with Crippen LogP contribution < -0.4 is 4.74 Å². The van der Waals surface area contributed by atoms with Crippen LogP contribution in [0.15, 0.2) is 46.7 Å². The molecule has 0 radical (unpaired) electrons. The molecule has 0 saturated heterocycles. The molecule has 0 fully saturated rings. The molecule has 2 aliphatic rings. The molecule has 1 amide bonds. The lowest BCUT2D eigenvalue weighted by Crippen LogP contribution is -2.38. The van der Waals surface area contributed by atoms with Crippen molar-refractivity contribution in [3.8, 4) is 11.4 Å². The van der Waals surface area contributed by atoms with Crippen LogP contribution in [0.2, 0.25) is 5.02 Å². The van der Waals surface area contributed by atoms with Crippen LogP contribution in [-0.2, 0) is 9.63 Å². The summed E-state index contributed by atoms with van der Waals surface area (Å²) in [6.07, 6.45) is 3.30. The van der Waals surface area contributed by atoms with E-state index in [1.807, 2.05) is 42.7 Å². The van der Waals surface area contributed by atoms with Crippen molar-refractivity contribution in [2.75, 3.05) is 7.11 Å². The molecule has 148 valence electrons. The number of methoxy groups -OCH3 is 1. The molecule has 2 aromatic rings. The van der Waals surface area contributed by atoms with Gasteiger partial charge in [-0.05, 0) is 56.7 Å². The van der Waals surface area contributed by atoms with Crippen molar-refractivity contribution in [1.82, 2.24) is 9.63 Å². The van der Waals surface area contributed by atoms with Crippen molar-refractivity contribution in [2.45, 2.75) is 20.8 Å². The second kappa shape index (κ2) is 6.93. The minimum absolute atomic E-state index is 0.0367. The van der Waals surface area contributed by atoms with Crippen molar-refractivity contribution in [3.05, 3.63) is 63.6 Å². The second-order valence-corrected chi connectivity index (χ2v) is 7.21. The molecule has 4 rings (SSSR count). The number of nitrogens with zero attached hydrogens (tertiary/aromatic N) is 3. The summed E-state index contributed by atoms with van der Waals surface area (Å²) in [6, 6.07) is 7.51. The Kier molecular flexibility index (Phi) is 4.55. The van der Waals surface area contributed by atoms with Gasteiger partial charge >= 0.3 is 0 Å². The summed E-state index contributed by atoms with van der Waals surface area (Å²) in [5, 5.41) is 10.1. The van der Waals surface area contributed by atoms with E-state index in [2.05, 4.69) is 4.99 Å². The van der Waals surface area contributed by atoms with Gasteiger partial charge in [-0.2, -0.15) is 4.99 Å². The molecule has 7 nitrogen and oxygen atoms in total. The van der Waals surface area contributed by atoms with Crippen molar-refractivity contribution in [3.63, 3.8) is 0 Å². The Labute approximate surface area is 173 Å². The lowest BCUT2D eigenvalue weighted by molar-refractivity contribution is -0.114. The second-order valence-electron chi connectivity index (χ2n) is 6.80. The number of fused-ring (bicyclic) bond motifs is 1. The molecule has 0 atom stereocenters. The largest absolute Gasteiger partial charge is 0.495 e. The predicted molar refractivity (Wildman–Crippen MR) is 112 cm³/mol. The maximum atomic E-state index is 12.5. The number of nitrogens with one attached hydrogen (secondary N) is 1. The van der Waals surface area contributed by atoms with Crippen LogP contribution in [0.5, 0.6) is 5.75 Å². The monoisotopic (exact) mass is 410 g/mol. The quantitative estimate of drug-likeness (QED) is 0.769. The number of aromatic nitrogens is 1. The number of amides is 1. The number of hydrogen-bond acceptors (Lipinski definition) is 4. The van der Waals surface area contributed by atoms with E-state index in [0.717, 1.165) is 22.6 Å². The first-order valence-corrected chi connectivity index (χ1v) is 9.31. The van der Waals surface area contributed by atoms with Crippen LogP contribution in [0.1, 0.15) is 23.9 Å². The molecule has 0 aliphatic carbocycles. The number of halogens is 1.